The molecule has 1 unspecified atom stereocenters. The number of aliphatic hydroxyl groups is 1. The second kappa shape index (κ2) is 5.85. The average Bonchev–Trinajstić information content (AvgIpc) is 2.84. The van der Waals surface area contributed by atoms with E-state index in [1.807, 2.05) is 0 Å². The molecule has 0 aliphatic carbocycles. The Hall–Kier alpha value is -2.66. The van der Waals surface area contributed by atoms with Crippen molar-refractivity contribution in [2.45, 2.75) is 6.04 Å². The first-order valence-corrected chi connectivity index (χ1v) is 7.15. The molecular weight excluding hydrogens is 321 g/mol. The number of Topliss-reactive ketones (excluding diaryl/α,β-unsaturated/α-hetero) is 1. The average molecular weight is 332 g/mol. The van der Waals surface area contributed by atoms with E-state index in [0.29, 0.717) is 16.1 Å². The quantitative estimate of drug-likeness (QED) is 0.504. The second-order valence-corrected chi connectivity index (χ2v) is 5.49. The molecule has 2 aromatic rings. The summed E-state index contributed by atoms with van der Waals surface area (Å²) in [7, 11) is 0. The number of hydrogen-bond acceptors (Lipinski definition) is 3. The van der Waals surface area contributed by atoms with Crippen LogP contribution in [0.2, 0.25) is 5.02 Å². The van der Waals surface area contributed by atoms with Crippen molar-refractivity contribution in [1.29, 1.82) is 0 Å². The first-order chi connectivity index (χ1) is 11.0. The molecule has 6 heteroatoms. The maximum atomic E-state index is 13.1. The monoisotopic (exact) mass is 331 g/mol. The van der Waals surface area contributed by atoms with E-state index in [1.165, 1.54) is 24.3 Å². The summed E-state index contributed by atoms with van der Waals surface area (Å²) in [6, 6.07) is 10.7. The first-order valence-electron chi connectivity index (χ1n) is 6.77. The topological polar surface area (TPSA) is 66.4 Å². The largest absolute Gasteiger partial charge is 0.507 e. The summed E-state index contributed by atoms with van der Waals surface area (Å²) in [6.45, 7) is 0. The van der Waals surface area contributed by atoms with Crippen molar-refractivity contribution < 1.29 is 19.1 Å². The molecule has 2 aromatic carbocycles. The summed E-state index contributed by atoms with van der Waals surface area (Å²) in [5.74, 6) is -2.36. The SMILES string of the molecule is O=C1NC(c2ccc(F)cc2)C(=C(O)c2ccc(Cl)cc2)C1=O. The molecule has 0 spiro atoms. The Balaban J connectivity index is 2.10. The third-order valence-corrected chi connectivity index (χ3v) is 3.84. The molecule has 1 amide bonds. The fraction of sp³-hybridized carbons (Fsp3) is 0.0588. The summed E-state index contributed by atoms with van der Waals surface area (Å²) >= 11 is 5.80. The maximum absolute atomic E-state index is 13.1. The van der Waals surface area contributed by atoms with Crippen LogP contribution in [0.25, 0.3) is 5.76 Å². The number of halogens is 2. The van der Waals surface area contributed by atoms with E-state index in [0.717, 1.165) is 0 Å². The number of rotatable bonds is 2. The number of carbonyl (C=O) groups is 2. The Morgan fingerprint density at radius 1 is 1.04 bits per heavy atom. The van der Waals surface area contributed by atoms with Crippen LogP contribution < -0.4 is 5.32 Å². The van der Waals surface area contributed by atoms with E-state index >= 15 is 0 Å². The van der Waals surface area contributed by atoms with Crippen LogP contribution in [0.1, 0.15) is 17.2 Å². The Kier molecular flexibility index (Phi) is 3.88. The summed E-state index contributed by atoms with van der Waals surface area (Å²) in [5.41, 5.74) is 0.798. The molecule has 0 bridgehead atoms. The van der Waals surface area contributed by atoms with Gasteiger partial charge in [0, 0.05) is 10.6 Å². The Labute approximate surface area is 136 Å². The maximum Gasteiger partial charge on any atom is 0.293 e. The molecule has 1 fully saturated rings. The number of amides is 1. The number of hydrogen-bond donors (Lipinski definition) is 2. The molecule has 0 radical (unpaired) electrons. The summed E-state index contributed by atoms with van der Waals surface area (Å²) in [5, 5.41) is 13.4. The Morgan fingerprint density at radius 2 is 1.65 bits per heavy atom. The summed E-state index contributed by atoms with van der Waals surface area (Å²) in [4.78, 5) is 23.8. The first kappa shape index (κ1) is 15.2. The Bertz CT molecular complexity index is 813. The van der Waals surface area contributed by atoms with Gasteiger partial charge in [0.15, 0.2) is 0 Å². The van der Waals surface area contributed by atoms with Gasteiger partial charge in [-0.3, -0.25) is 9.59 Å². The van der Waals surface area contributed by atoms with Gasteiger partial charge in [0.1, 0.15) is 11.6 Å². The van der Waals surface area contributed by atoms with Crippen molar-refractivity contribution in [3.8, 4) is 0 Å². The smallest absolute Gasteiger partial charge is 0.293 e. The predicted molar refractivity (Wildman–Crippen MR) is 83.3 cm³/mol. The fourth-order valence-corrected chi connectivity index (χ4v) is 2.56. The third kappa shape index (κ3) is 2.83. The van der Waals surface area contributed by atoms with Crippen LogP contribution in [0.15, 0.2) is 54.1 Å². The van der Waals surface area contributed by atoms with E-state index in [-0.39, 0.29) is 11.3 Å². The van der Waals surface area contributed by atoms with E-state index < -0.39 is 23.5 Å². The zero-order valence-electron chi connectivity index (χ0n) is 11.7. The molecule has 1 saturated heterocycles. The number of nitrogens with one attached hydrogen (secondary N) is 1. The van der Waals surface area contributed by atoms with Crippen molar-refractivity contribution in [3.05, 3.63) is 76.1 Å². The van der Waals surface area contributed by atoms with Crippen molar-refractivity contribution in [2.75, 3.05) is 0 Å². The minimum absolute atomic E-state index is 0.0658. The highest BCUT2D eigenvalue weighted by Gasteiger charge is 2.39. The zero-order chi connectivity index (χ0) is 16.6. The number of benzene rings is 2. The van der Waals surface area contributed by atoms with Crippen molar-refractivity contribution >= 4 is 29.1 Å². The summed E-state index contributed by atoms with van der Waals surface area (Å²) < 4.78 is 13.1. The molecule has 1 heterocycles. The van der Waals surface area contributed by atoms with Gasteiger partial charge in [-0.2, -0.15) is 0 Å². The second-order valence-electron chi connectivity index (χ2n) is 5.06. The van der Waals surface area contributed by atoms with Gasteiger partial charge in [0.05, 0.1) is 11.6 Å². The lowest BCUT2D eigenvalue weighted by Gasteiger charge is -2.13. The van der Waals surface area contributed by atoms with Gasteiger partial charge < -0.3 is 10.4 Å². The van der Waals surface area contributed by atoms with Gasteiger partial charge in [-0.15, -0.1) is 0 Å². The van der Waals surface area contributed by atoms with Gasteiger partial charge >= 0.3 is 0 Å². The van der Waals surface area contributed by atoms with E-state index in [2.05, 4.69) is 5.32 Å². The van der Waals surface area contributed by atoms with E-state index in [1.54, 1.807) is 24.3 Å². The highest BCUT2D eigenvalue weighted by Crippen LogP contribution is 2.33. The highest BCUT2D eigenvalue weighted by atomic mass is 35.5. The van der Waals surface area contributed by atoms with E-state index in [4.69, 9.17) is 11.6 Å². The molecule has 1 aliphatic heterocycles. The van der Waals surface area contributed by atoms with Crippen LogP contribution in [-0.4, -0.2) is 16.8 Å². The van der Waals surface area contributed by atoms with Crippen LogP contribution in [0.4, 0.5) is 4.39 Å². The predicted octanol–water partition coefficient (Wildman–Crippen LogP) is 3.19. The van der Waals surface area contributed by atoms with Crippen LogP contribution in [0.3, 0.4) is 0 Å². The fourth-order valence-electron chi connectivity index (χ4n) is 2.43. The van der Waals surface area contributed by atoms with Gasteiger partial charge in [0.25, 0.3) is 11.7 Å². The molecule has 1 atom stereocenters. The lowest BCUT2D eigenvalue weighted by atomic mass is 9.96. The number of aliphatic hydroxyl groups excluding tert-OH is 1. The normalized spacial score (nSPS) is 19.7. The van der Waals surface area contributed by atoms with Crippen LogP contribution >= 0.6 is 11.6 Å². The molecule has 3 rings (SSSR count). The third-order valence-electron chi connectivity index (χ3n) is 3.59. The highest BCUT2D eigenvalue weighted by molar-refractivity contribution is 6.46. The van der Waals surface area contributed by atoms with Crippen LogP contribution in [0.5, 0.6) is 0 Å². The van der Waals surface area contributed by atoms with Gasteiger partial charge in [0.2, 0.25) is 0 Å². The lowest BCUT2D eigenvalue weighted by molar-refractivity contribution is -0.133. The number of carbonyl (C=O) groups excluding carboxylic acids is 2. The zero-order valence-corrected chi connectivity index (χ0v) is 12.5. The molecule has 0 aromatic heterocycles. The van der Waals surface area contributed by atoms with Gasteiger partial charge in [-0.05, 0) is 42.0 Å². The van der Waals surface area contributed by atoms with Gasteiger partial charge in [-0.25, -0.2) is 4.39 Å². The van der Waals surface area contributed by atoms with Crippen LogP contribution in [0, 0.1) is 5.82 Å². The van der Waals surface area contributed by atoms with Gasteiger partial charge in [-0.1, -0.05) is 23.7 Å². The molecule has 0 saturated carbocycles. The minimum Gasteiger partial charge on any atom is -0.507 e. The number of ketones is 1. The minimum atomic E-state index is -0.828. The Morgan fingerprint density at radius 3 is 2.26 bits per heavy atom. The molecule has 23 heavy (non-hydrogen) atoms. The lowest BCUT2D eigenvalue weighted by Crippen LogP contribution is -2.21. The van der Waals surface area contributed by atoms with Crippen molar-refractivity contribution in [1.82, 2.24) is 5.32 Å². The molecule has 116 valence electrons. The standard InChI is InChI=1S/C17H11ClFNO3/c18-11-5-1-10(2-6-11)15(21)13-14(20-17(23)16(13)22)9-3-7-12(19)8-4-9/h1-8,14,21H,(H,20,23). The molecule has 4 nitrogen and oxygen atoms in total. The van der Waals surface area contributed by atoms with Crippen molar-refractivity contribution in [2.24, 2.45) is 0 Å². The van der Waals surface area contributed by atoms with Crippen molar-refractivity contribution in [3.63, 3.8) is 0 Å². The van der Waals surface area contributed by atoms with Crippen LogP contribution in [-0.2, 0) is 9.59 Å². The molecule has 1 aliphatic rings. The van der Waals surface area contributed by atoms with E-state index in [9.17, 15) is 19.1 Å². The molecule has 2 N–H and O–H groups in total. The summed E-state index contributed by atoms with van der Waals surface area (Å²) in [6.07, 6.45) is 0. The molecular formula is C17H11ClFNO3.